The number of aromatic nitrogens is 1. The first-order valence-electron chi connectivity index (χ1n) is 7.27. The van der Waals surface area contributed by atoms with E-state index in [0.29, 0.717) is 5.56 Å². The average molecular weight is 307 g/mol. The molecule has 1 aliphatic rings. The molecule has 2 rings (SSSR count). The van der Waals surface area contributed by atoms with Crippen LogP contribution < -0.4 is 10.2 Å². The fourth-order valence-corrected chi connectivity index (χ4v) is 2.41. The third-order valence-corrected chi connectivity index (χ3v) is 3.47. The summed E-state index contributed by atoms with van der Waals surface area (Å²) in [7, 11) is 0. The Balaban J connectivity index is 2.03. The van der Waals surface area contributed by atoms with Crippen molar-refractivity contribution in [3.8, 4) is 0 Å². The highest BCUT2D eigenvalue weighted by Crippen LogP contribution is 2.18. The van der Waals surface area contributed by atoms with Crippen LogP contribution in [0.1, 0.15) is 31.1 Å². The number of carbonyl (C=O) groups is 2. The first kappa shape index (κ1) is 16.2. The van der Waals surface area contributed by atoms with Gasteiger partial charge in [0.05, 0.1) is 17.8 Å². The van der Waals surface area contributed by atoms with Gasteiger partial charge in [0, 0.05) is 19.3 Å². The summed E-state index contributed by atoms with van der Waals surface area (Å²) in [5.41, 5.74) is 0.339. The molecule has 3 unspecified atom stereocenters. The predicted molar refractivity (Wildman–Crippen MR) is 81.0 cm³/mol. The second-order valence-electron chi connectivity index (χ2n) is 5.60. The summed E-state index contributed by atoms with van der Waals surface area (Å²) in [4.78, 5) is 29.1. The van der Waals surface area contributed by atoms with Gasteiger partial charge in [0.25, 0.3) is 5.91 Å². The van der Waals surface area contributed by atoms with Crippen LogP contribution >= 0.6 is 0 Å². The Bertz CT molecular complexity index is 536. The Morgan fingerprint density at radius 2 is 2.00 bits per heavy atom. The summed E-state index contributed by atoms with van der Waals surface area (Å²) < 4.78 is 5.68. The molecular formula is C15H21N3O4. The third-order valence-electron chi connectivity index (χ3n) is 3.47. The molecule has 0 aromatic carbocycles. The van der Waals surface area contributed by atoms with Crippen molar-refractivity contribution in [2.24, 2.45) is 0 Å². The van der Waals surface area contributed by atoms with Gasteiger partial charge in [-0.2, -0.15) is 0 Å². The fourth-order valence-electron chi connectivity index (χ4n) is 2.41. The summed E-state index contributed by atoms with van der Waals surface area (Å²) in [6.45, 7) is 6.94. The second-order valence-corrected chi connectivity index (χ2v) is 5.60. The van der Waals surface area contributed by atoms with Crippen molar-refractivity contribution >= 4 is 17.7 Å². The number of amides is 1. The van der Waals surface area contributed by atoms with Crippen LogP contribution in [0.5, 0.6) is 0 Å². The largest absolute Gasteiger partial charge is 0.480 e. The second kappa shape index (κ2) is 6.74. The number of carbonyl (C=O) groups excluding carboxylic acids is 1. The van der Waals surface area contributed by atoms with Gasteiger partial charge in [-0.05, 0) is 32.9 Å². The van der Waals surface area contributed by atoms with Gasteiger partial charge < -0.3 is 20.1 Å². The van der Waals surface area contributed by atoms with Gasteiger partial charge in [0.2, 0.25) is 0 Å². The number of anilines is 1. The molecule has 7 nitrogen and oxygen atoms in total. The first-order chi connectivity index (χ1) is 10.4. The summed E-state index contributed by atoms with van der Waals surface area (Å²) in [6, 6.07) is 2.48. The van der Waals surface area contributed by atoms with Crippen LogP contribution in [0.15, 0.2) is 18.3 Å². The molecule has 1 aromatic heterocycles. The molecule has 1 amide bonds. The SMILES string of the molecule is CC1CN(c2ccc(C(=O)NC(C)C(=O)O)cn2)CC(C)O1. The Kier molecular flexibility index (Phi) is 4.97. The van der Waals surface area contributed by atoms with Crippen molar-refractivity contribution in [3.05, 3.63) is 23.9 Å². The van der Waals surface area contributed by atoms with Crippen LogP contribution in [-0.2, 0) is 9.53 Å². The summed E-state index contributed by atoms with van der Waals surface area (Å²) in [6.07, 6.45) is 1.72. The smallest absolute Gasteiger partial charge is 0.325 e. The van der Waals surface area contributed by atoms with E-state index in [1.807, 2.05) is 13.8 Å². The predicted octanol–water partition coefficient (Wildman–Crippen LogP) is 0.898. The number of hydrogen-bond acceptors (Lipinski definition) is 5. The van der Waals surface area contributed by atoms with Crippen molar-refractivity contribution in [2.75, 3.05) is 18.0 Å². The zero-order valence-corrected chi connectivity index (χ0v) is 12.9. The quantitative estimate of drug-likeness (QED) is 0.858. The molecule has 2 heterocycles. The van der Waals surface area contributed by atoms with Gasteiger partial charge in [0.15, 0.2) is 0 Å². The van der Waals surface area contributed by atoms with E-state index < -0.39 is 17.9 Å². The summed E-state index contributed by atoms with van der Waals surface area (Å²) in [5.74, 6) is -0.739. The van der Waals surface area contributed by atoms with Crippen LogP contribution in [0.25, 0.3) is 0 Å². The number of hydrogen-bond donors (Lipinski definition) is 2. The summed E-state index contributed by atoms with van der Waals surface area (Å²) >= 11 is 0. The molecule has 0 aliphatic carbocycles. The highest BCUT2D eigenvalue weighted by atomic mass is 16.5. The topological polar surface area (TPSA) is 91.8 Å². The molecule has 1 aliphatic heterocycles. The van der Waals surface area contributed by atoms with Gasteiger partial charge >= 0.3 is 5.97 Å². The molecule has 7 heteroatoms. The molecule has 22 heavy (non-hydrogen) atoms. The zero-order chi connectivity index (χ0) is 16.3. The number of pyridine rings is 1. The van der Waals surface area contributed by atoms with Crippen molar-refractivity contribution in [2.45, 2.75) is 39.0 Å². The van der Waals surface area contributed by atoms with Crippen molar-refractivity contribution in [3.63, 3.8) is 0 Å². The molecule has 1 saturated heterocycles. The monoisotopic (exact) mass is 307 g/mol. The van der Waals surface area contributed by atoms with Gasteiger partial charge in [-0.1, -0.05) is 0 Å². The van der Waals surface area contributed by atoms with Gasteiger partial charge in [0.1, 0.15) is 11.9 Å². The fraction of sp³-hybridized carbons (Fsp3) is 0.533. The zero-order valence-electron chi connectivity index (χ0n) is 12.9. The normalized spacial score (nSPS) is 23.0. The Hall–Kier alpha value is -2.15. The van der Waals surface area contributed by atoms with E-state index >= 15 is 0 Å². The Labute approximate surface area is 129 Å². The minimum atomic E-state index is -1.07. The number of ether oxygens (including phenoxy) is 1. The van der Waals surface area contributed by atoms with Crippen LogP contribution in [-0.4, -0.2) is 53.3 Å². The van der Waals surface area contributed by atoms with Gasteiger partial charge in [-0.3, -0.25) is 9.59 Å². The minimum absolute atomic E-state index is 0.130. The number of nitrogens with one attached hydrogen (secondary N) is 1. The minimum Gasteiger partial charge on any atom is -0.480 e. The average Bonchev–Trinajstić information content (AvgIpc) is 2.46. The van der Waals surface area contributed by atoms with Gasteiger partial charge in [-0.15, -0.1) is 0 Å². The molecule has 120 valence electrons. The molecule has 1 aromatic rings. The van der Waals surface area contributed by atoms with Crippen LogP contribution in [0, 0.1) is 0 Å². The number of carboxylic acids is 1. The maximum atomic E-state index is 11.9. The van der Waals surface area contributed by atoms with Gasteiger partial charge in [-0.25, -0.2) is 4.98 Å². The van der Waals surface area contributed by atoms with E-state index in [1.54, 1.807) is 12.1 Å². The van der Waals surface area contributed by atoms with E-state index in [2.05, 4.69) is 15.2 Å². The lowest BCUT2D eigenvalue weighted by atomic mass is 10.2. The van der Waals surface area contributed by atoms with Crippen molar-refractivity contribution < 1.29 is 19.4 Å². The van der Waals surface area contributed by atoms with E-state index in [0.717, 1.165) is 18.9 Å². The van der Waals surface area contributed by atoms with Crippen LogP contribution in [0.2, 0.25) is 0 Å². The lowest BCUT2D eigenvalue weighted by Crippen LogP contribution is -2.45. The molecule has 0 spiro atoms. The number of carboxylic acid groups (broad SMARTS) is 1. The third kappa shape index (κ3) is 3.94. The Morgan fingerprint density at radius 3 is 2.50 bits per heavy atom. The van der Waals surface area contributed by atoms with E-state index in [-0.39, 0.29) is 12.2 Å². The maximum absolute atomic E-state index is 11.9. The molecular weight excluding hydrogens is 286 g/mol. The van der Waals surface area contributed by atoms with E-state index in [9.17, 15) is 9.59 Å². The van der Waals surface area contributed by atoms with E-state index in [4.69, 9.17) is 9.84 Å². The number of rotatable bonds is 4. The molecule has 0 saturated carbocycles. The molecule has 0 bridgehead atoms. The highest BCUT2D eigenvalue weighted by molar-refractivity contribution is 5.96. The highest BCUT2D eigenvalue weighted by Gasteiger charge is 2.23. The van der Waals surface area contributed by atoms with Crippen LogP contribution in [0.4, 0.5) is 5.82 Å². The standard InChI is InChI=1S/C15H21N3O4/c1-9-7-18(8-10(2)22-9)13-5-4-12(6-16-13)14(19)17-11(3)15(20)21/h4-6,9-11H,7-8H2,1-3H3,(H,17,19)(H,20,21). The lowest BCUT2D eigenvalue weighted by Gasteiger charge is -2.36. The molecule has 3 atom stereocenters. The lowest BCUT2D eigenvalue weighted by molar-refractivity contribution is -0.138. The van der Waals surface area contributed by atoms with Crippen molar-refractivity contribution in [1.82, 2.24) is 10.3 Å². The molecule has 1 fully saturated rings. The van der Waals surface area contributed by atoms with E-state index in [1.165, 1.54) is 13.1 Å². The number of aliphatic carboxylic acids is 1. The first-order valence-corrected chi connectivity index (χ1v) is 7.27. The summed E-state index contributed by atoms with van der Waals surface area (Å²) in [5, 5.41) is 11.2. The maximum Gasteiger partial charge on any atom is 0.325 e. The Morgan fingerprint density at radius 1 is 1.36 bits per heavy atom. The molecule has 2 N–H and O–H groups in total. The van der Waals surface area contributed by atoms with Crippen LogP contribution in [0.3, 0.4) is 0 Å². The molecule has 0 radical (unpaired) electrons. The number of morpholine rings is 1. The number of nitrogens with zero attached hydrogens (tertiary/aromatic N) is 2. The van der Waals surface area contributed by atoms with Crippen molar-refractivity contribution in [1.29, 1.82) is 0 Å².